The van der Waals surface area contributed by atoms with E-state index < -0.39 is 14.0 Å². The average Bonchev–Trinajstić information content (AvgIpc) is 2.14. The van der Waals surface area contributed by atoms with Crippen LogP contribution in [0.25, 0.3) is 0 Å². The molecule has 17 heavy (non-hydrogen) atoms. The Hall–Kier alpha value is -1.53. The molecule has 90 valence electrons. The van der Waals surface area contributed by atoms with Gasteiger partial charge in [-0.3, -0.25) is 4.79 Å². The summed E-state index contributed by atoms with van der Waals surface area (Å²) in [5.74, 6) is 2.83. The summed E-state index contributed by atoms with van der Waals surface area (Å²) in [7, 11) is -1.41. The number of carbonyl (C=O) groups excluding carboxylic acids is 1. The zero-order valence-corrected chi connectivity index (χ0v) is 12.1. The van der Waals surface area contributed by atoms with Crippen LogP contribution < -0.4 is 5.73 Å². The SMILES string of the molecule is Cc1ccc(C(N)=O)c(C)c1C#C[Si](C)(C)C. The third-order valence-corrected chi connectivity index (χ3v) is 3.38. The highest BCUT2D eigenvalue weighted by Gasteiger charge is 2.11. The second-order valence-corrected chi connectivity index (χ2v) is 10.0. The van der Waals surface area contributed by atoms with Crippen molar-refractivity contribution in [3.8, 4) is 11.5 Å². The number of rotatable bonds is 1. The molecular weight excluding hydrogens is 226 g/mol. The number of hydrogen-bond donors (Lipinski definition) is 1. The van der Waals surface area contributed by atoms with Gasteiger partial charge in [0.05, 0.1) is 0 Å². The minimum Gasteiger partial charge on any atom is -0.366 e. The van der Waals surface area contributed by atoms with Crippen LogP contribution in [0.2, 0.25) is 19.6 Å². The van der Waals surface area contributed by atoms with Gasteiger partial charge in [-0.15, -0.1) is 5.54 Å². The second-order valence-electron chi connectivity index (χ2n) is 5.29. The van der Waals surface area contributed by atoms with Crippen LogP contribution in [0.5, 0.6) is 0 Å². The molecule has 0 aliphatic carbocycles. The Balaban J connectivity index is 3.37. The van der Waals surface area contributed by atoms with Crippen LogP contribution in [0, 0.1) is 25.3 Å². The highest BCUT2D eigenvalue weighted by atomic mass is 28.3. The third kappa shape index (κ3) is 3.47. The van der Waals surface area contributed by atoms with Crippen LogP contribution in [0.3, 0.4) is 0 Å². The van der Waals surface area contributed by atoms with Crippen molar-refractivity contribution in [2.45, 2.75) is 33.5 Å². The van der Waals surface area contributed by atoms with E-state index in [0.29, 0.717) is 5.56 Å². The van der Waals surface area contributed by atoms with E-state index in [1.165, 1.54) is 0 Å². The summed E-state index contributed by atoms with van der Waals surface area (Å²) in [6.45, 7) is 10.5. The smallest absolute Gasteiger partial charge is 0.249 e. The molecule has 0 radical (unpaired) electrons. The molecule has 0 saturated carbocycles. The first-order valence-corrected chi connectivity index (χ1v) is 9.15. The van der Waals surface area contributed by atoms with Crippen LogP contribution in [0.1, 0.15) is 27.0 Å². The van der Waals surface area contributed by atoms with Crippen LogP contribution in [0.15, 0.2) is 12.1 Å². The molecule has 0 saturated heterocycles. The summed E-state index contributed by atoms with van der Waals surface area (Å²) < 4.78 is 0. The van der Waals surface area contributed by atoms with E-state index in [2.05, 4.69) is 31.1 Å². The van der Waals surface area contributed by atoms with Crippen molar-refractivity contribution in [1.29, 1.82) is 0 Å². The first-order valence-electron chi connectivity index (χ1n) is 5.65. The van der Waals surface area contributed by atoms with Crippen LogP contribution in [-0.2, 0) is 0 Å². The molecule has 3 heteroatoms. The molecule has 0 spiro atoms. The highest BCUT2D eigenvalue weighted by Crippen LogP contribution is 2.17. The van der Waals surface area contributed by atoms with E-state index in [-0.39, 0.29) is 0 Å². The Morgan fingerprint density at radius 3 is 2.29 bits per heavy atom. The lowest BCUT2D eigenvalue weighted by Gasteiger charge is -2.09. The number of benzene rings is 1. The summed E-state index contributed by atoms with van der Waals surface area (Å²) in [6.07, 6.45) is 0. The van der Waals surface area contributed by atoms with Crippen molar-refractivity contribution in [3.63, 3.8) is 0 Å². The lowest BCUT2D eigenvalue weighted by molar-refractivity contribution is 0.0999. The Bertz CT molecular complexity index is 515. The zero-order valence-electron chi connectivity index (χ0n) is 11.1. The van der Waals surface area contributed by atoms with Gasteiger partial charge >= 0.3 is 0 Å². The molecule has 0 bridgehead atoms. The molecule has 1 aromatic rings. The van der Waals surface area contributed by atoms with Crippen molar-refractivity contribution >= 4 is 14.0 Å². The second kappa shape index (κ2) is 4.76. The molecule has 0 heterocycles. The topological polar surface area (TPSA) is 43.1 Å². The molecule has 0 atom stereocenters. The number of nitrogens with two attached hydrogens (primary N) is 1. The summed E-state index contributed by atoms with van der Waals surface area (Å²) in [6, 6.07) is 3.67. The standard InChI is InChI=1S/C14H19NOSi/c1-10-6-7-13(14(15)16)11(2)12(10)8-9-17(3,4)5/h6-7H,1-5H3,(H2,15,16). The predicted molar refractivity (Wildman–Crippen MR) is 74.7 cm³/mol. The number of aryl methyl sites for hydroxylation is 1. The van der Waals surface area contributed by atoms with Crippen molar-refractivity contribution in [1.82, 2.24) is 0 Å². The number of hydrogen-bond acceptors (Lipinski definition) is 1. The molecular formula is C14H19NOSi. The maximum absolute atomic E-state index is 11.3. The molecule has 2 nitrogen and oxygen atoms in total. The molecule has 1 rings (SSSR count). The quantitative estimate of drug-likeness (QED) is 0.600. The van der Waals surface area contributed by atoms with Gasteiger partial charge in [0.1, 0.15) is 8.07 Å². The molecule has 0 fully saturated rings. The first-order chi connectivity index (χ1) is 7.72. The first kappa shape index (κ1) is 13.5. The van der Waals surface area contributed by atoms with E-state index in [4.69, 9.17) is 5.73 Å². The summed E-state index contributed by atoms with van der Waals surface area (Å²) in [4.78, 5) is 11.3. The lowest BCUT2D eigenvalue weighted by Crippen LogP contribution is -2.17. The van der Waals surface area contributed by atoms with E-state index in [1.807, 2.05) is 19.9 Å². The summed E-state index contributed by atoms with van der Waals surface area (Å²) in [5, 5.41) is 0. The third-order valence-electron chi connectivity index (χ3n) is 2.50. The monoisotopic (exact) mass is 245 g/mol. The van der Waals surface area contributed by atoms with Gasteiger partial charge < -0.3 is 5.73 Å². The van der Waals surface area contributed by atoms with Gasteiger partial charge in [-0.2, -0.15) is 0 Å². The van der Waals surface area contributed by atoms with Crippen molar-refractivity contribution < 1.29 is 4.79 Å². The summed E-state index contributed by atoms with van der Waals surface area (Å²) in [5.41, 5.74) is 12.2. The number of primary amides is 1. The van der Waals surface area contributed by atoms with Crippen molar-refractivity contribution in [2.24, 2.45) is 5.73 Å². The van der Waals surface area contributed by atoms with Gasteiger partial charge in [0.15, 0.2) is 0 Å². The largest absolute Gasteiger partial charge is 0.366 e. The van der Waals surface area contributed by atoms with Crippen LogP contribution >= 0.6 is 0 Å². The molecule has 1 aromatic carbocycles. The Morgan fingerprint density at radius 2 is 1.82 bits per heavy atom. The normalized spacial score (nSPS) is 10.6. The Labute approximate surface area is 104 Å². The van der Waals surface area contributed by atoms with E-state index in [1.54, 1.807) is 6.07 Å². The molecule has 0 aromatic heterocycles. The van der Waals surface area contributed by atoms with Crippen LogP contribution in [-0.4, -0.2) is 14.0 Å². The van der Waals surface area contributed by atoms with Gasteiger partial charge in [-0.05, 0) is 31.0 Å². The fourth-order valence-electron chi connectivity index (χ4n) is 1.56. The summed E-state index contributed by atoms with van der Waals surface area (Å²) >= 11 is 0. The minimum atomic E-state index is -1.41. The van der Waals surface area contributed by atoms with E-state index >= 15 is 0 Å². The van der Waals surface area contributed by atoms with E-state index in [9.17, 15) is 4.79 Å². The zero-order chi connectivity index (χ0) is 13.2. The van der Waals surface area contributed by atoms with Gasteiger partial charge in [0.25, 0.3) is 0 Å². The average molecular weight is 245 g/mol. The molecule has 0 aliphatic heterocycles. The predicted octanol–water partition coefficient (Wildman–Crippen LogP) is 2.63. The van der Waals surface area contributed by atoms with Crippen molar-refractivity contribution in [2.75, 3.05) is 0 Å². The van der Waals surface area contributed by atoms with Gasteiger partial charge in [0, 0.05) is 11.1 Å². The fourth-order valence-corrected chi connectivity index (χ4v) is 2.06. The fraction of sp³-hybridized carbons (Fsp3) is 0.357. The van der Waals surface area contributed by atoms with Gasteiger partial charge in [-0.1, -0.05) is 31.6 Å². The molecule has 0 aliphatic rings. The Morgan fingerprint density at radius 1 is 1.24 bits per heavy atom. The van der Waals surface area contributed by atoms with Crippen molar-refractivity contribution in [3.05, 3.63) is 34.4 Å². The maximum Gasteiger partial charge on any atom is 0.249 e. The van der Waals surface area contributed by atoms with Gasteiger partial charge in [-0.25, -0.2) is 0 Å². The molecule has 2 N–H and O–H groups in total. The van der Waals surface area contributed by atoms with E-state index in [0.717, 1.165) is 16.7 Å². The highest BCUT2D eigenvalue weighted by molar-refractivity contribution is 6.83. The maximum atomic E-state index is 11.3. The Kier molecular flexibility index (Phi) is 3.79. The van der Waals surface area contributed by atoms with Crippen LogP contribution in [0.4, 0.5) is 0 Å². The lowest BCUT2D eigenvalue weighted by atomic mass is 9.98. The number of amides is 1. The minimum absolute atomic E-state index is 0.390. The molecule has 0 unspecified atom stereocenters. The molecule has 1 amide bonds. The number of carbonyl (C=O) groups is 1. The van der Waals surface area contributed by atoms with Gasteiger partial charge in [0.2, 0.25) is 5.91 Å².